The van der Waals surface area contributed by atoms with Crippen LogP contribution >= 0.6 is 0 Å². The van der Waals surface area contributed by atoms with Crippen LogP contribution in [0.5, 0.6) is 5.75 Å². The van der Waals surface area contributed by atoms with E-state index in [9.17, 15) is 4.79 Å². The van der Waals surface area contributed by atoms with Crippen LogP contribution in [0.4, 0.5) is 0 Å². The minimum Gasteiger partial charge on any atom is -0.496 e. The third-order valence-electron chi connectivity index (χ3n) is 3.98. The molecule has 0 aromatic heterocycles. The van der Waals surface area contributed by atoms with E-state index in [2.05, 4.69) is 10.6 Å². The lowest BCUT2D eigenvalue weighted by atomic mass is 10.0. The maximum atomic E-state index is 12.3. The number of rotatable bonds is 4. The molecule has 0 aliphatic carbocycles. The summed E-state index contributed by atoms with van der Waals surface area (Å²) in [6.45, 7) is 5.75. The van der Waals surface area contributed by atoms with Gasteiger partial charge in [-0.25, -0.2) is 0 Å². The van der Waals surface area contributed by atoms with Gasteiger partial charge in [-0.2, -0.15) is 0 Å². The van der Waals surface area contributed by atoms with Crippen molar-refractivity contribution in [2.45, 2.75) is 39.2 Å². The summed E-state index contributed by atoms with van der Waals surface area (Å²) in [4.78, 5) is 12.3. The molecule has 110 valence electrons. The molecule has 1 atom stereocenters. The molecule has 1 aliphatic rings. The lowest BCUT2D eigenvalue weighted by Gasteiger charge is -2.23. The van der Waals surface area contributed by atoms with E-state index >= 15 is 0 Å². The number of carbonyl (C=O) groups excluding carboxylic acids is 1. The number of ether oxygens (including phenoxy) is 1. The average Bonchev–Trinajstić information content (AvgIpc) is 2.48. The highest BCUT2D eigenvalue weighted by Gasteiger charge is 2.17. The molecule has 0 radical (unpaired) electrons. The molecule has 1 saturated heterocycles. The first-order valence-corrected chi connectivity index (χ1v) is 7.28. The topological polar surface area (TPSA) is 50.4 Å². The third-order valence-corrected chi connectivity index (χ3v) is 3.98. The Labute approximate surface area is 120 Å². The summed E-state index contributed by atoms with van der Waals surface area (Å²) in [7, 11) is 1.60. The Balaban J connectivity index is 2.02. The lowest BCUT2D eigenvalue weighted by Crippen LogP contribution is -2.43. The Bertz CT molecular complexity index is 480. The summed E-state index contributed by atoms with van der Waals surface area (Å²) in [5.74, 6) is 0.583. The van der Waals surface area contributed by atoms with Crippen LogP contribution in [0.15, 0.2) is 12.1 Å². The van der Waals surface area contributed by atoms with E-state index in [0.717, 1.165) is 24.1 Å². The van der Waals surface area contributed by atoms with Crippen LogP contribution in [0.2, 0.25) is 0 Å². The Kier molecular flexibility index (Phi) is 5.01. The molecule has 4 heteroatoms. The highest BCUT2D eigenvalue weighted by atomic mass is 16.5. The molecule has 20 heavy (non-hydrogen) atoms. The number of benzene rings is 1. The predicted molar refractivity (Wildman–Crippen MR) is 80.4 cm³/mol. The molecule has 0 bridgehead atoms. The molecule has 2 rings (SSSR count). The smallest absolute Gasteiger partial charge is 0.255 e. The highest BCUT2D eigenvalue weighted by Crippen LogP contribution is 2.23. The molecule has 1 heterocycles. The number of hydrogen-bond acceptors (Lipinski definition) is 3. The minimum atomic E-state index is -0.0580. The summed E-state index contributed by atoms with van der Waals surface area (Å²) in [6.07, 6.45) is 3.60. The number of amides is 1. The van der Waals surface area contributed by atoms with Crippen molar-refractivity contribution in [3.8, 4) is 5.75 Å². The molecular weight excluding hydrogens is 252 g/mol. The van der Waals surface area contributed by atoms with Gasteiger partial charge >= 0.3 is 0 Å². The van der Waals surface area contributed by atoms with Gasteiger partial charge in [0.1, 0.15) is 5.75 Å². The van der Waals surface area contributed by atoms with Gasteiger partial charge in [-0.05, 0) is 56.5 Å². The van der Waals surface area contributed by atoms with E-state index in [4.69, 9.17) is 4.74 Å². The Morgan fingerprint density at radius 2 is 2.10 bits per heavy atom. The number of nitrogens with one attached hydrogen (secondary N) is 2. The van der Waals surface area contributed by atoms with Crippen LogP contribution in [0.1, 0.15) is 40.7 Å². The molecule has 4 nitrogen and oxygen atoms in total. The average molecular weight is 276 g/mol. The zero-order valence-corrected chi connectivity index (χ0v) is 12.6. The standard InChI is InChI=1S/C16H24N2O2/c1-11-8-14(15(20-3)9-12(11)2)16(19)18-10-13-6-4-5-7-17-13/h8-9,13,17H,4-7,10H2,1-3H3,(H,18,19). The largest absolute Gasteiger partial charge is 0.496 e. The zero-order chi connectivity index (χ0) is 14.5. The van der Waals surface area contributed by atoms with E-state index in [1.54, 1.807) is 7.11 Å². The second-order valence-corrected chi connectivity index (χ2v) is 5.49. The van der Waals surface area contributed by atoms with Crippen LogP contribution < -0.4 is 15.4 Å². The van der Waals surface area contributed by atoms with Crippen LogP contribution in [0, 0.1) is 13.8 Å². The quantitative estimate of drug-likeness (QED) is 0.886. The number of hydrogen-bond donors (Lipinski definition) is 2. The molecular formula is C16H24N2O2. The van der Waals surface area contributed by atoms with Crippen molar-refractivity contribution in [2.24, 2.45) is 0 Å². The van der Waals surface area contributed by atoms with Gasteiger partial charge in [-0.1, -0.05) is 6.42 Å². The Morgan fingerprint density at radius 3 is 2.75 bits per heavy atom. The van der Waals surface area contributed by atoms with Crippen molar-refractivity contribution in [3.63, 3.8) is 0 Å². The zero-order valence-electron chi connectivity index (χ0n) is 12.6. The lowest BCUT2D eigenvalue weighted by molar-refractivity contribution is 0.0944. The van der Waals surface area contributed by atoms with E-state index in [1.807, 2.05) is 26.0 Å². The van der Waals surface area contributed by atoms with Crippen molar-refractivity contribution < 1.29 is 9.53 Å². The first kappa shape index (κ1) is 14.9. The van der Waals surface area contributed by atoms with Crippen LogP contribution in [0.25, 0.3) is 0 Å². The maximum absolute atomic E-state index is 12.3. The molecule has 0 spiro atoms. The van der Waals surface area contributed by atoms with Crippen molar-refractivity contribution in [2.75, 3.05) is 20.2 Å². The van der Waals surface area contributed by atoms with Gasteiger partial charge in [0.2, 0.25) is 0 Å². The van der Waals surface area contributed by atoms with E-state index < -0.39 is 0 Å². The van der Waals surface area contributed by atoms with Gasteiger partial charge < -0.3 is 15.4 Å². The summed E-state index contributed by atoms with van der Waals surface area (Å²) in [6, 6.07) is 4.21. The normalized spacial score (nSPS) is 18.6. The molecule has 0 saturated carbocycles. The van der Waals surface area contributed by atoms with Gasteiger partial charge in [0.15, 0.2) is 0 Å². The van der Waals surface area contributed by atoms with Gasteiger partial charge in [-0.15, -0.1) is 0 Å². The van der Waals surface area contributed by atoms with Crippen molar-refractivity contribution in [1.82, 2.24) is 10.6 Å². The molecule has 1 aliphatic heterocycles. The van der Waals surface area contributed by atoms with E-state index in [0.29, 0.717) is 23.9 Å². The predicted octanol–water partition coefficient (Wildman–Crippen LogP) is 2.18. The third kappa shape index (κ3) is 3.51. The van der Waals surface area contributed by atoms with E-state index in [-0.39, 0.29) is 5.91 Å². The maximum Gasteiger partial charge on any atom is 0.255 e. The number of piperidine rings is 1. The molecule has 1 aromatic rings. The van der Waals surface area contributed by atoms with Crippen LogP contribution in [-0.2, 0) is 0 Å². The molecule has 1 fully saturated rings. The fraction of sp³-hybridized carbons (Fsp3) is 0.562. The highest BCUT2D eigenvalue weighted by molar-refractivity contribution is 5.97. The molecule has 1 unspecified atom stereocenters. The van der Waals surface area contributed by atoms with Crippen LogP contribution in [-0.4, -0.2) is 32.1 Å². The minimum absolute atomic E-state index is 0.0580. The molecule has 2 N–H and O–H groups in total. The summed E-state index contributed by atoms with van der Waals surface area (Å²) >= 11 is 0. The first-order valence-electron chi connectivity index (χ1n) is 7.28. The van der Waals surface area contributed by atoms with Gasteiger partial charge in [0.25, 0.3) is 5.91 Å². The first-order chi connectivity index (χ1) is 9.61. The van der Waals surface area contributed by atoms with Crippen LogP contribution in [0.3, 0.4) is 0 Å². The van der Waals surface area contributed by atoms with Gasteiger partial charge in [0.05, 0.1) is 12.7 Å². The van der Waals surface area contributed by atoms with Crippen molar-refractivity contribution in [1.29, 1.82) is 0 Å². The summed E-state index contributed by atoms with van der Waals surface area (Å²) in [5.41, 5.74) is 2.85. The fourth-order valence-electron chi connectivity index (χ4n) is 2.55. The second kappa shape index (κ2) is 6.75. The SMILES string of the molecule is COc1cc(C)c(C)cc1C(=O)NCC1CCCCN1. The monoisotopic (exact) mass is 276 g/mol. The molecule has 1 amide bonds. The van der Waals surface area contributed by atoms with E-state index in [1.165, 1.54) is 12.8 Å². The number of aryl methyl sites for hydroxylation is 2. The van der Waals surface area contributed by atoms with Crippen molar-refractivity contribution in [3.05, 3.63) is 28.8 Å². The Hall–Kier alpha value is -1.55. The molecule has 1 aromatic carbocycles. The Morgan fingerprint density at radius 1 is 1.35 bits per heavy atom. The van der Waals surface area contributed by atoms with Gasteiger partial charge in [0, 0.05) is 12.6 Å². The summed E-state index contributed by atoms with van der Waals surface area (Å²) < 4.78 is 5.32. The fourth-order valence-corrected chi connectivity index (χ4v) is 2.55. The summed E-state index contributed by atoms with van der Waals surface area (Å²) in [5, 5.41) is 6.44. The van der Waals surface area contributed by atoms with Gasteiger partial charge in [-0.3, -0.25) is 4.79 Å². The number of methoxy groups -OCH3 is 1. The van der Waals surface area contributed by atoms with Crippen molar-refractivity contribution >= 4 is 5.91 Å². The number of carbonyl (C=O) groups is 1. The second-order valence-electron chi connectivity index (χ2n) is 5.49.